The van der Waals surface area contributed by atoms with Gasteiger partial charge in [-0.25, -0.2) is 0 Å². The Balaban J connectivity index is 1.99. The average molecular weight is 391 g/mol. The second-order valence-electron chi connectivity index (χ2n) is 6.26. The molecule has 0 radical (unpaired) electrons. The summed E-state index contributed by atoms with van der Waals surface area (Å²) in [5, 5.41) is 0. The highest BCUT2D eigenvalue weighted by Gasteiger charge is 2.28. The fraction of sp³-hybridized carbons (Fsp3) is 0.562. The lowest BCUT2D eigenvalue weighted by Gasteiger charge is -2.04. The maximum atomic E-state index is 10.8. The van der Waals surface area contributed by atoms with Gasteiger partial charge in [-0.05, 0) is 19.3 Å². The molecule has 0 saturated heterocycles. The summed E-state index contributed by atoms with van der Waals surface area (Å²) in [7, 11) is -7.85. The molecule has 2 rings (SSSR count). The van der Waals surface area contributed by atoms with Crippen LogP contribution in [0.3, 0.4) is 0 Å². The van der Waals surface area contributed by atoms with Gasteiger partial charge in [0.2, 0.25) is 5.69 Å². The van der Waals surface area contributed by atoms with E-state index in [1.54, 1.807) is 0 Å². The van der Waals surface area contributed by atoms with Crippen LogP contribution >= 0.6 is 0 Å². The third-order valence-electron chi connectivity index (χ3n) is 4.21. The molecule has 0 unspecified atom stereocenters. The maximum Gasteiger partial charge on any atom is 0.264 e. The van der Waals surface area contributed by atoms with Crippen LogP contribution in [0.4, 0.5) is 5.69 Å². The van der Waals surface area contributed by atoms with Crippen molar-refractivity contribution in [3.8, 4) is 0 Å². The molecule has 0 saturated carbocycles. The third kappa shape index (κ3) is 6.85. The van der Waals surface area contributed by atoms with Crippen molar-refractivity contribution in [2.45, 2.75) is 38.5 Å². The van der Waals surface area contributed by atoms with E-state index < -0.39 is 20.2 Å². The van der Waals surface area contributed by atoms with Gasteiger partial charge in [0.25, 0.3) is 20.2 Å². The molecule has 1 aromatic carbocycles. The molecule has 0 atom stereocenters. The second kappa shape index (κ2) is 8.39. The van der Waals surface area contributed by atoms with Gasteiger partial charge in [-0.1, -0.05) is 18.2 Å². The topological polar surface area (TPSA) is 112 Å². The standard InChI is InChI=1S/C16H23NO6S2/c18-24(19,20)11-5-3-8-15-13-14-7-1-2-9-16(14)17(15)10-4-6-12-25(21,22)23/h1-2,7,9H,3-6,8,10-13H2,(H-,18,19,20,21,22,23)/p+1. The summed E-state index contributed by atoms with van der Waals surface area (Å²) < 4.78 is 63.0. The van der Waals surface area contributed by atoms with E-state index in [4.69, 9.17) is 9.11 Å². The zero-order chi connectivity index (χ0) is 18.5. The number of benzene rings is 1. The molecule has 2 N–H and O–H groups in total. The minimum Gasteiger partial charge on any atom is -0.286 e. The largest absolute Gasteiger partial charge is 0.286 e. The summed E-state index contributed by atoms with van der Waals surface area (Å²) in [5.74, 6) is -0.478. The van der Waals surface area contributed by atoms with E-state index in [9.17, 15) is 16.8 Å². The van der Waals surface area contributed by atoms with Crippen LogP contribution in [0, 0.1) is 0 Å². The van der Waals surface area contributed by atoms with Crippen LogP contribution in [-0.4, -0.2) is 54.3 Å². The Kier molecular flexibility index (Phi) is 6.72. The summed E-state index contributed by atoms with van der Waals surface area (Å²) in [6.45, 7) is 0.653. The normalized spacial score (nSPS) is 14.8. The Morgan fingerprint density at radius 2 is 1.48 bits per heavy atom. The number of hydrogen-bond donors (Lipinski definition) is 2. The summed E-state index contributed by atoms with van der Waals surface area (Å²) in [4.78, 5) is 0. The van der Waals surface area contributed by atoms with Crippen LogP contribution < -0.4 is 0 Å². The molecule has 0 aromatic heterocycles. The Bertz CT molecular complexity index is 843. The lowest BCUT2D eigenvalue weighted by Crippen LogP contribution is -2.16. The minimum absolute atomic E-state index is 0.235. The van der Waals surface area contributed by atoms with Gasteiger partial charge < -0.3 is 0 Å². The van der Waals surface area contributed by atoms with Crippen LogP contribution in [0.1, 0.15) is 37.7 Å². The van der Waals surface area contributed by atoms with Crippen molar-refractivity contribution in [3.05, 3.63) is 29.8 Å². The molecule has 25 heavy (non-hydrogen) atoms. The van der Waals surface area contributed by atoms with E-state index in [-0.39, 0.29) is 11.5 Å². The zero-order valence-electron chi connectivity index (χ0n) is 14.0. The van der Waals surface area contributed by atoms with E-state index in [0.717, 1.165) is 18.5 Å². The molecule has 1 aliphatic heterocycles. The van der Waals surface area contributed by atoms with Crippen molar-refractivity contribution < 1.29 is 30.5 Å². The van der Waals surface area contributed by atoms with Gasteiger partial charge in [-0.15, -0.1) is 0 Å². The van der Waals surface area contributed by atoms with Crippen molar-refractivity contribution in [2.75, 3.05) is 18.1 Å². The number of para-hydroxylation sites is 1. The number of unbranched alkanes of at least 4 members (excludes halogenated alkanes) is 2. The monoisotopic (exact) mass is 390 g/mol. The van der Waals surface area contributed by atoms with Crippen molar-refractivity contribution >= 4 is 31.6 Å². The predicted octanol–water partition coefficient (Wildman–Crippen LogP) is 2.05. The summed E-state index contributed by atoms with van der Waals surface area (Å²) in [5.41, 5.74) is 3.46. The van der Waals surface area contributed by atoms with Gasteiger partial charge >= 0.3 is 0 Å². The van der Waals surface area contributed by atoms with Crippen LogP contribution in [0.5, 0.6) is 0 Å². The summed E-state index contributed by atoms with van der Waals surface area (Å²) >= 11 is 0. The summed E-state index contributed by atoms with van der Waals surface area (Å²) in [6, 6.07) is 7.98. The lowest BCUT2D eigenvalue weighted by atomic mass is 10.1. The Morgan fingerprint density at radius 1 is 0.880 bits per heavy atom. The van der Waals surface area contributed by atoms with Crippen molar-refractivity contribution in [1.29, 1.82) is 0 Å². The lowest BCUT2D eigenvalue weighted by molar-refractivity contribution is -0.439. The molecule has 0 aliphatic carbocycles. The Morgan fingerprint density at radius 3 is 2.12 bits per heavy atom. The fourth-order valence-electron chi connectivity index (χ4n) is 3.08. The smallest absolute Gasteiger partial charge is 0.264 e. The van der Waals surface area contributed by atoms with Crippen LogP contribution in [0.2, 0.25) is 0 Å². The minimum atomic E-state index is -3.93. The molecule has 9 heteroatoms. The molecule has 0 spiro atoms. The molecule has 0 amide bonds. The molecule has 7 nitrogen and oxygen atoms in total. The van der Waals surface area contributed by atoms with E-state index >= 15 is 0 Å². The number of fused-ring (bicyclic) bond motifs is 1. The Labute approximate surface area is 148 Å². The van der Waals surface area contributed by atoms with Gasteiger partial charge in [0.05, 0.1) is 17.9 Å². The van der Waals surface area contributed by atoms with Crippen LogP contribution in [0.15, 0.2) is 24.3 Å². The number of nitrogens with zero attached hydrogens (tertiary/aromatic N) is 1. The molecule has 1 aliphatic rings. The molecule has 1 aromatic rings. The number of rotatable bonds is 10. The maximum absolute atomic E-state index is 10.8. The highest BCUT2D eigenvalue weighted by molar-refractivity contribution is 7.86. The molecular weight excluding hydrogens is 366 g/mol. The van der Waals surface area contributed by atoms with Crippen molar-refractivity contribution in [2.24, 2.45) is 0 Å². The first-order valence-electron chi connectivity index (χ1n) is 8.26. The van der Waals surface area contributed by atoms with E-state index in [1.807, 2.05) is 24.3 Å². The van der Waals surface area contributed by atoms with E-state index in [0.29, 0.717) is 32.2 Å². The molecule has 1 heterocycles. The third-order valence-corrected chi connectivity index (χ3v) is 5.82. The highest BCUT2D eigenvalue weighted by Crippen LogP contribution is 2.28. The van der Waals surface area contributed by atoms with Gasteiger partial charge in [0, 0.05) is 24.5 Å². The predicted molar refractivity (Wildman–Crippen MR) is 95.9 cm³/mol. The van der Waals surface area contributed by atoms with Gasteiger partial charge in [-0.3, -0.25) is 9.11 Å². The van der Waals surface area contributed by atoms with E-state index in [1.165, 1.54) is 11.3 Å². The SMILES string of the molecule is O=S(=O)(O)CCCCC1=[N+](CCCCS(=O)(=O)O)c2ccccc2C1. The quantitative estimate of drug-likeness (QED) is 0.359. The van der Waals surface area contributed by atoms with Crippen molar-refractivity contribution in [3.63, 3.8) is 0 Å². The van der Waals surface area contributed by atoms with Gasteiger partial charge in [0.15, 0.2) is 5.71 Å². The van der Waals surface area contributed by atoms with Gasteiger partial charge in [0.1, 0.15) is 6.54 Å². The fourth-order valence-corrected chi connectivity index (χ4v) is 4.22. The average Bonchev–Trinajstić information content (AvgIpc) is 2.84. The first-order valence-corrected chi connectivity index (χ1v) is 11.5. The van der Waals surface area contributed by atoms with Crippen LogP contribution in [0.25, 0.3) is 0 Å². The van der Waals surface area contributed by atoms with Crippen LogP contribution in [-0.2, 0) is 26.7 Å². The van der Waals surface area contributed by atoms with Gasteiger partial charge in [-0.2, -0.15) is 21.4 Å². The highest BCUT2D eigenvalue weighted by atomic mass is 32.2. The number of hydrogen-bond acceptors (Lipinski definition) is 4. The molecule has 0 bridgehead atoms. The Hall–Kier alpha value is -1.29. The molecule has 0 fully saturated rings. The zero-order valence-corrected chi connectivity index (χ0v) is 15.6. The first-order chi connectivity index (χ1) is 11.7. The van der Waals surface area contributed by atoms with Crippen molar-refractivity contribution in [1.82, 2.24) is 0 Å². The molecule has 140 valence electrons. The first kappa shape index (κ1) is 20.0. The second-order valence-corrected chi connectivity index (χ2v) is 9.40. The summed E-state index contributed by atoms with van der Waals surface area (Å²) in [6.07, 6.45) is 3.58. The molecular formula is C16H24NO6S2+. The van der Waals surface area contributed by atoms with E-state index in [2.05, 4.69) is 4.58 Å².